The van der Waals surface area contributed by atoms with E-state index in [9.17, 15) is 33.6 Å². The lowest BCUT2D eigenvalue weighted by molar-refractivity contribution is -0.191. The number of hydrogen-bond donors (Lipinski definition) is 5. The van der Waals surface area contributed by atoms with Crippen LogP contribution in [0.5, 0.6) is 0 Å². The lowest BCUT2D eigenvalue weighted by Gasteiger charge is -2.06. The van der Waals surface area contributed by atoms with E-state index >= 15 is 0 Å². The summed E-state index contributed by atoms with van der Waals surface area (Å²) in [5, 5.41) is 12.7. The van der Waals surface area contributed by atoms with E-state index < -0.39 is 29.3 Å². The molecule has 0 spiro atoms. The van der Waals surface area contributed by atoms with Gasteiger partial charge in [0.25, 0.3) is 0 Å². The molecule has 2 heterocycles. The van der Waals surface area contributed by atoms with Crippen molar-refractivity contribution in [2.24, 2.45) is 0 Å². The van der Waals surface area contributed by atoms with Gasteiger partial charge in [0.1, 0.15) is 17.4 Å². The predicted octanol–water partition coefficient (Wildman–Crippen LogP) is 15.8. The van der Waals surface area contributed by atoms with E-state index in [0.717, 1.165) is 17.6 Å². The minimum absolute atomic E-state index is 0. The number of esters is 4. The van der Waals surface area contributed by atoms with Gasteiger partial charge in [-0.05, 0) is 89.6 Å². The van der Waals surface area contributed by atoms with E-state index in [4.69, 9.17) is 34.6 Å². The number of rotatable bonds is 14. The molecule has 0 aliphatic carbocycles. The van der Waals surface area contributed by atoms with Crippen molar-refractivity contribution in [1.29, 1.82) is 0 Å². The second kappa shape index (κ2) is 64.5. The summed E-state index contributed by atoms with van der Waals surface area (Å²) >= 11 is 0. The number of benzene rings is 4. The van der Waals surface area contributed by atoms with Gasteiger partial charge in [-0.15, -0.1) is 0 Å². The van der Waals surface area contributed by atoms with Gasteiger partial charge in [-0.3, -0.25) is 9.59 Å². The van der Waals surface area contributed by atoms with Crippen LogP contribution in [0.25, 0.3) is 21.8 Å². The third-order valence-corrected chi connectivity index (χ3v) is 8.57. The molecule has 0 aliphatic heterocycles. The van der Waals surface area contributed by atoms with Crippen LogP contribution in [0.1, 0.15) is 179 Å². The average molecular weight is 1220 g/mol. The van der Waals surface area contributed by atoms with Crippen LogP contribution in [0.15, 0.2) is 155 Å². The monoisotopic (exact) mass is 1220 g/mol. The number of ether oxygens (including phenoxy) is 5. The molecule has 2 aromatic heterocycles. The van der Waals surface area contributed by atoms with Crippen molar-refractivity contribution >= 4 is 69.2 Å². The van der Waals surface area contributed by atoms with Gasteiger partial charge in [0.15, 0.2) is 5.57 Å². The molecule has 0 radical (unpaired) electrons. The lowest BCUT2D eigenvalue weighted by atomic mass is 10.1. The molecule has 87 heavy (non-hydrogen) atoms. The fourth-order valence-electron chi connectivity index (χ4n) is 5.31. The van der Waals surface area contributed by atoms with Crippen molar-refractivity contribution in [1.82, 2.24) is 9.97 Å². The Labute approximate surface area is 519 Å². The maximum absolute atomic E-state index is 11.9. The molecule has 0 unspecified atom stereocenters. The number of aromatic nitrogens is 2. The highest BCUT2D eigenvalue weighted by Gasteiger charge is 2.21. The van der Waals surface area contributed by atoms with E-state index in [1.165, 1.54) is 38.1 Å². The molecule has 0 atom stereocenters. The summed E-state index contributed by atoms with van der Waals surface area (Å²) in [7, 11) is 0. The van der Waals surface area contributed by atoms with E-state index in [1.54, 1.807) is 83.3 Å². The highest BCUT2D eigenvalue weighted by Crippen LogP contribution is 2.11. The first kappa shape index (κ1) is 94.3. The van der Waals surface area contributed by atoms with Gasteiger partial charge in [-0.1, -0.05) is 178 Å². The number of nitrogens with two attached hydrogens (primary N) is 1. The van der Waals surface area contributed by atoms with E-state index in [0.29, 0.717) is 47.0 Å². The molecule has 6 N–H and O–H groups in total. The fourth-order valence-corrected chi connectivity index (χ4v) is 5.31. The van der Waals surface area contributed by atoms with Crippen molar-refractivity contribution < 1.29 is 62.4 Å². The number of aromatic amines is 2. The van der Waals surface area contributed by atoms with Gasteiger partial charge in [0, 0.05) is 51.8 Å². The predicted molar refractivity (Wildman–Crippen MR) is 357 cm³/mol. The number of para-hydroxylation sites is 4. The highest BCUT2D eigenvalue weighted by molar-refractivity contribution is 6.13. The second-order valence-electron chi connectivity index (χ2n) is 16.2. The van der Waals surface area contributed by atoms with Gasteiger partial charge < -0.3 is 49.8 Å². The SMILES string of the molecule is C.C.C.C.CCC.CCC.CCC.CCC.CCOC(=O)/C(=C\Nc1ccccc1)CC.CCOC(=O)c1c[nH]c2ccccc2c1=O.CCOC=C(C(=O)OCC)C(=O)OCC.Nc1ccccc1.O=C(O)c1c[nH]c2ccccc2c1=O.O=C=O. The van der Waals surface area contributed by atoms with Crippen LogP contribution in [0.3, 0.4) is 0 Å². The van der Waals surface area contributed by atoms with Gasteiger partial charge in [-0.2, -0.15) is 9.59 Å². The zero-order valence-corrected chi connectivity index (χ0v) is 51.0. The Morgan fingerprint density at radius 2 is 0.851 bits per heavy atom. The molecule has 6 aromatic rings. The molecular weight excluding hydrogens is 1110 g/mol. The first-order chi connectivity index (χ1) is 39.8. The number of carbonyl (C=O) groups is 5. The summed E-state index contributed by atoms with van der Waals surface area (Å²) in [6.45, 7) is 28.9. The van der Waals surface area contributed by atoms with Gasteiger partial charge >= 0.3 is 36.0 Å². The van der Waals surface area contributed by atoms with E-state index in [1.807, 2.05) is 73.7 Å². The first-order valence-corrected chi connectivity index (χ1v) is 27.6. The minimum atomic E-state index is -1.21. The van der Waals surface area contributed by atoms with Crippen LogP contribution in [-0.2, 0) is 47.7 Å². The van der Waals surface area contributed by atoms with E-state index in [2.05, 4.69) is 80.1 Å². The Morgan fingerprint density at radius 3 is 1.20 bits per heavy atom. The molecule has 19 heteroatoms. The summed E-state index contributed by atoms with van der Waals surface area (Å²) in [6, 6.07) is 33.0. The van der Waals surface area contributed by atoms with Crippen LogP contribution in [0, 0.1) is 0 Å². The molecular formula is C68H106N4O15. The quantitative estimate of drug-likeness (QED) is 0.0129. The molecule has 0 saturated heterocycles. The summed E-state index contributed by atoms with van der Waals surface area (Å²) < 4.78 is 24.0. The number of carboxylic acids is 1. The second-order valence-corrected chi connectivity index (χ2v) is 16.2. The lowest BCUT2D eigenvalue weighted by Crippen LogP contribution is -2.18. The van der Waals surface area contributed by atoms with E-state index in [-0.39, 0.29) is 83.8 Å². The van der Waals surface area contributed by atoms with Crippen LogP contribution in [0.4, 0.5) is 11.4 Å². The zero-order valence-electron chi connectivity index (χ0n) is 51.0. The number of carboxylic acid groups (broad SMARTS) is 1. The molecule has 6 rings (SSSR count). The maximum atomic E-state index is 11.9. The molecule has 4 aromatic carbocycles. The number of anilines is 2. The number of hydrogen-bond acceptors (Lipinski definition) is 16. The number of nitrogens with one attached hydrogen (secondary N) is 3. The molecule has 488 valence electrons. The molecule has 0 fully saturated rings. The highest BCUT2D eigenvalue weighted by atomic mass is 16.6. The third-order valence-electron chi connectivity index (χ3n) is 8.57. The number of pyridine rings is 2. The molecule has 19 nitrogen and oxygen atoms in total. The molecule has 0 bridgehead atoms. The normalized spacial score (nSPS) is 8.74. The smallest absolute Gasteiger partial charge is 0.373 e. The number of nitrogen functional groups attached to an aromatic ring is 1. The Kier molecular flexibility index (Phi) is 69.9. The summed E-state index contributed by atoms with van der Waals surface area (Å²) in [5.74, 6) is -3.52. The third kappa shape index (κ3) is 45.0. The number of aromatic carboxylic acids is 1. The van der Waals surface area contributed by atoms with Crippen LogP contribution in [0.2, 0.25) is 0 Å². The Morgan fingerprint density at radius 1 is 0.506 bits per heavy atom. The standard InChI is InChI=1S/C13H17NO2.C12H11NO3.C10H7NO3.C10H16O5.C6H7N.4C3H8.CO2.4CH4/c1-3-11(13(15)16-4-2)10-14-12-8-6-5-7-9-12;1-2-16-12(15)9-7-13-10-6-4-3-5-8(10)11(9)14;12-9-6-3-1-2-4-8(6)11-5-7(9)10(13)14;1-4-13-7-8(9(11)14-5-2)10(12)15-6-3;7-6-4-2-1-3-5-6;4*1-3-2;2-1-3;;;;/h5-10,14H,3-4H2,1-2H3;3-7H,2H2,1H3,(H,13,14);1-5H,(H,11,12)(H,13,14);7H,4-6H2,1-3H3;1-5H,7H2;4*3H2,1-2H3;;4*1H4/b11-10-;;;;;;;;;;;;;. The molecule has 0 saturated carbocycles. The fraction of sp³-hybridized carbons (Fsp3) is 0.412. The average Bonchev–Trinajstić information content (AvgIpc) is 1.99. The van der Waals surface area contributed by atoms with Crippen LogP contribution < -0.4 is 21.9 Å². The summed E-state index contributed by atoms with van der Waals surface area (Å²) in [4.78, 5) is 102. The van der Waals surface area contributed by atoms with Crippen molar-refractivity contribution in [2.45, 2.75) is 159 Å². The Bertz CT molecular complexity index is 2870. The topological polar surface area (TPSA) is 290 Å². The van der Waals surface area contributed by atoms with Crippen molar-refractivity contribution in [3.8, 4) is 0 Å². The number of fused-ring (bicyclic) bond motifs is 2. The molecule has 0 aliphatic rings. The first-order valence-electron chi connectivity index (χ1n) is 27.6. The van der Waals surface area contributed by atoms with Crippen molar-refractivity contribution in [3.05, 3.63) is 177 Å². The summed E-state index contributed by atoms with van der Waals surface area (Å²) in [6.07, 6.45) is 11.3. The van der Waals surface area contributed by atoms with Gasteiger partial charge in [0.05, 0.1) is 38.6 Å². The van der Waals surface area contributed by atoms with Gasteiger partial charge in [0.2, 0.25) is 10.9 Å². The minimum Gasteiger partial charge on any atom is -0.500 e. The summed E-state index contributed by atoms with van der Waals surface area (Å²) in [5.41, 5.74) is 7.97. The Hall–Kier alpha value is -9.09. The Balaban J connectivity index is -0.000000141. The van der Waals surface area contributed by atoms with Crippen molar-refractivity contribution in [3.63, 3.8) is 0 Å². The van der Waals surface area contributed by atoms with Crippen molar-refractivity contribution in [2.75, 3.05) is 44.1 Å². The maximum Gasteiger partial charge on any atom is 0.373 e. The molecule has 0 amide bonds. The number of H-pyrrole nitrogens is 2. The number of carbonyl (C=O) groups excluding carboxylic acids is 6. The largest absolute Gasteiger partial charge is 0.500 e. The zero-order chi connectivity index (χ0) is 63.8. The van der Waals surface area contributed by atoms with Crippen LogP contribution >= 0.6 is 0 Å². The van der Waals surface area contributed by atoms with Gasteiger partial charge in [-0.25, -0.2) is 24.0 Å². The van der Waals surface area contributed by atoms with Crippen LogP contribution in [-0.4, -0.2) is 84.1 Å².